The lowest BCUT2D eigenvalue weighted by molar-refractivity contribution is -0.137. The van der Waals surface area contributed by atoms with Crippen LogP contribution in [-0.2, 0) is 12.4 Å². The smallest absolute Gasteiger partial charge is 0.310 e. The van der Waals surface area contributed by atoms with Crippen LogP contribution in [0.15, 0.2) is 200 Å². The lowest BCUT2D eigenvalue weighted by Gasteiger charge is -2.32. The van der Waals surface area contributed by atoms with Gasteiger partial charge in [-0.1, -0.05) is 164 Å². The van der Waals surface area contributed by atoms with Crippen LogP contribution in [0.5, 0.6) is 0 Å². The normalized spacial score (nSPS) is 12.2. The Morgan fingerprint density at radius 1 is 0.301 bits per heavy atom. The Hall–Kier alpha value is -8.49. The van der Waals surface area contributed by atoms with Crippen molar-refractivity contribution in [2.75, 3.05) is 4.90 Å². The molecule has 0 N–H and O–H groups in total. The van der Waals surface area contributed by atoms with Crippen LogP contribution in [-0.4, -0.2) is 0 Å². The molecule has 0 aliphatic heterocycles. The summed E-state index contributed by atoms with van der Waals surface area (Å²) in [5.74, 6) is -0.702. The van der Waals surface area contributed by atoms with Crippen molar-refractivity contribution in [3.05, 3.63) is 234 Å². The molecule has 0 bridgehead atoms. The number of rotatable bonds is 6. The topological polar surface area (TPSA) is 3.24 Å². The van der Waals surface area contributed by atoms with Crippen molar-refractivity contribution in [3.8, 4) is 33.4 Å². The summed E-state index contributed by atoms with van der Waals surface area (Å²) in [5.41, 5.74) is 0.359. The summed E-state index contributed by atoms with van der Waals surface area (Å²) in [5, 5.41) is 9.54. The molecule has 0 fully saturated rings. The highest BCUT2D eigenvalue weighted by molar-refractivity contribution is 6.17. The van der Waals surface area contributed by atoms with Gasteiger partial charge in [0.1, 0.15) is 5.82 Å². The van der Waals surface area contributed by atoms with E-state index in [2.05, 4.69) is 0 Å². The zero-order valence-corrected chi connectivity index (χ0v) is 39.6. The molecule has 0 aliphatic rings. The third kappa shape index (κ3) is 7.63. The molecule has 73 heavy (non-hydrogen) atoms. The molecule has 0 amide bonds. The Labute approximate surface area is 416 Å². The second kappa shape index (κ2) is 17.1. The van der Waals surface area contributed by atoms with Gasteiger partial charge in [0, 0.05) is 16.9 Å². The van der Waals surface area contributed by atoms with Gasteiger partial charge in [0.15, 0.2) is 0 Å². The average Bonchev–Trinajstić information content (AvgIpc) is 3.39. The Kier molecular flexibility index (Phi) is 10.7. The third-order valence-corrected chi connectivity index (χ3v) is 14.5. The van der Waals surface area contributed by atoms with Gasteiger partial charge in [0.25, 0.3) is 0 Å². The molecule has 0 unspecified atom stereocenters. The van der Waals surface area contributed by atoms with Gasteiger partial charge < -0.3 is 4.90 Å². The van der Waals surface area contributed by atoms with Crippen molar-refractivity contribution in [1.82, 2.24) is 0 Å². The SMILES string of the molecule is Cc1cc(-c2cccc3ccc4ccccc4c23)c(F)cc1N(c1cc(C(F)(F)F)c(-c2cccc3ccc4ccccc4c23)cc1C)c1cc(C(F)(F)F)c(-c2cccc3ccc4ccccc4c23)cc1C. The highest BCUT2D eigenvalue weighted by Gasteiger charge is 2.39. The number of alkyl halides is 6. The van der Waals surface area contributed by atoms with Gasteiger partial charge in [-0.2, -0.15) is 26.3 Å². The molecule has 12 rings (SSSR count). The van der Waals surface area contributed by atoms with Crippen LogP contribution in [0.2, 0.25) is 0 Å². The Morgan fingerprint density at radius 2 is 0.603 bits per heavy atom. The van der Waals surface area contributed by atoms with Gasteiger partial charge in [0.05, 0.1) is 16.8 Å². The minimum Gasteiger partial charge on any atom is -0.310 e. The number of benzene rings is 12. The summed E-state index contributed by atoms with van der Waals surface area (Å²) < 4.78 is 114. The number of hydrogen-bond donors (Lipinski definition) is 0. The largest absolute Gasteiger partial charge is 0.417 e. The first-order chi connectivity index (χ1) is 35.1. The number of nitrogens with zero attached hydrogens (tertiary/aromatic N) is 1. The predicted molar refractivity (Wildman–Crippen MR) is 287 cm³/mol. The quantitative estimate of drug-likeness (QED) is 0.119. The van der Waals surface area contributed by atoms with Crippen LogP contribution < -0.4 is 4.90 Å². The molecule has 0 aliphatic carbocycles. The van der Waals surface area contributed by atoms with Crippen molar-refractivity contribution >= 4 is 81.7 Å². The lowest BCUT2D eigenvalue weighted by Crippen LogP contribution is -2.18. The number of hydrogen-bond acceptors (Lipinski definition) is 1. The Bertz CT molecular complexity index is 4060. The van der Waals surface area contributed by atoms with Crippen molar-refractivity contribution in [3.63, 3.8) is 0 Å². The number of anilines is 3. The van der Waals surface area contributed by atoms with Crippen LogP contribution in [0.1, 0.15) is 27.8 Å². The first-order valence-corrected chi connectivity index (χ1v) is 23.9. The van der Waals surface area contributed by atoms with E-state index >= 15 is 30.7 Å². The predicted octanol–water partition coefficient (Wildman–Crippen LogP) is 20.2. The second-order valence-electron chi connectivity index (χ2n) is 18.9. The van der Waals surface area contributed by atoms with E-state index in [1.165, 1.54) is 23.1 Å². The molecular weight excluding hydrogens is 928 g/mol. The maximum atomic E-state index is 17.5. The fourth-order valence-corrected chi connectivity index (χ4v) is 11.1. The van der Waals surface area contributed by atoms with Crippen LogP contribution in [0.4, 0.5) is 47.8 Å². The molecule has 0 radical (unpaired) electrons. The summed E-state index contributed by atoms with van der Waals surface area (Å²) in [6.45, 7) is 5.00. The molecule has 12 aromatic rings. The third-order valence-electron chi connectivity index (χ3n) is 14.5. The van der Waals surface area contributed by atoms with Crippen molar-refractivity contribution in [2.24, 2.45) is 0 Å². The average molecular weight is 970 g/mol. The fourth-order valence-electron chi connectivity index (χ4n) is 11.1. The zero-order valence-electron chi connectivity index (χ0n) is 39.6. The van der Waals surface area contributed by atoms with E-state index < -0.39 is 29.3 Å². The first kappa shape index (κ1) is 45.6. The highest BCUT2D eigenvalue weighted by Crippen LogP contribution is 2.51. The zero-order chi connectivity index (χ0) is 50.5. The maximum Gasteiger partial charge on any atom is 0.417 e. The summed E-state index contributed by atoms with van der Waals surface area (Å²) in [6, 6.07) is 58.3. The minimum atomic E-state index is -4.94. The summed E-state index contributed by atoms with van der Waals surface area (Å²) >= 11 is 0. The molecule has 8 heteroatoms. The summed E-state index contributed by atoms with van der Waals surface area (Å²) in [4.78, 5) is 1.38. The van der Waals surface area contributed by atoms with Crippen molar-refractivity contribution in [1.29, 1.82) is 0 Å². The first-order valence-electron chi connectivity index (χ1n) is 23.9. The number of halogens is 7. The highest BCUT2D eigenvalue weighted by atomic mass is 19.4. The Morgan fingerprint density at radius 3 is 0.973 bits per heavy atom. The van der Waals surface area contributed by atoms with E-state index in [1.54, 1.807) is 51.1 Å². The molecule has 0 heterocycles. The van der Waals surface area contributed by atoms with Crippen molar-refractivity contribution in [2.45, 2.75) is 33.1 Å². The summed E-state index contributed by atoms with van der Waals surface area (Å²) in [7, 11) is 0. The van der Waals surface area contributed by atoms with Crippen LogP contribution in [0.3, 0.4) is 0 Å². The molecule has 356 valence electrons. The second-order valence-corrected chi connectivity index (χ2v) is 18.9. The van der Waals surface area contributed by atoms with Gasteiger partial charge in [-0.05, 0) is 166 Å². The molecule has 0 aromatic heterocycles. The monoisotopic (exact) mass is 969 g/mol. The molecule has 0 saturated carbocycles. The minimum absolute atomic E-state index is 0.0623. The standard InChI is InChI=1S/C65H42F7N/c1-37-31-52(49-22-10-16-43-28-25-40-13-4-7-19-46(40)61(43)49)55(64(67,68)69)34-58(37)73(60-36-57(66)54(33-39(60)3)51-24-12-18-45-30-27-42-15-6-9-21-48(42)63(45)51)59-35-56(65(70,71)72)53(32-38(59)2)50-23-11-17-44-29-26-41-14-5-8-20-47(41)62(44)50/h4-36H,1-3H3. The van der Waals surface area contributed by atoms with Gasteiger partial charge in [-0.3, -0.25) is 0 Å². The fraction of sp³-hybridized carbons (Fsp3) is 0.0769. The van der Waals surface area contributed by atoms with Crippen LogP contribution in [0, 0.1) is 26.6 Å². The van der Waals surface area contributed by atoms with E-state index in [4.69, 9.17) is 0 Å². The molecule has 0 atom stereocenters. The molecular formula is C65H42F7N. The Balaban J connectivity index is 1.14. The van der Waals surface area contributed by atoms with Gasteiger partial charge in [-0.15, -0.1) is 0 Å². The van der Waals surface area contributed by atoms with Gasteiger partial charge in [0.2, 0.25) is 0 Å². The lowest BCUT2D eigenvalue weighted by atomic mass is 9.88. The molecule has 0 saturated heterocycles. The van der Waals surface area contributed by atoms with Gasteiger partial charge >= 0.3 is 12.4 Å². The number of fused-ring (bicyclic) bond motifs is 9. The van der Waals surface area contributed by atoms with Crippen LogP contribution in [0.25, 0.3) is 98.0 Å². The van der Waals surface area contributed by atoms with Crippen molar-refractivity contribution < 1.29 is 30.7 Å². The molecule has 12 aromatic carbocycles. The molecule has 1 nitrogen and oxygen atoms in total. The van der Waals surface area contributed by atoms with E-state index in [0.717, 1.165) is 66.0 Å². The van der Waals surface area contributed by atoms with Crippen LogP contribution >= 0.6 is 0 Å². The van der Waals surface area contributed by atoms with E-state index in [-0.39, 0.29) is 33.8 Å². The van der Waals surface area contributed by atoms with Gasteiger partial charge in [-0.25, -0.2) is 4.39 Å². The maximum absolute atomic E-state index is 17.5. The molecule has 0 spiro atoms. The summed E-state index contributed by atoms with van der Waals surface area (Å²) in [6.07, 6.45) is -9.88. The van der Waals surface area contributed by atoms with E-state index in [1.807, 2.05) is 140 Å². The van der Waals surface area contributed by atoms with E-state index in [9.17, 15) is 0 Å². The van der Waals surface area contributed by atoms with E-state index in [0.29, 0.717) is 44.2 Å². The number of aryl methyl sites for hydroxylation is 3.